The Morgan fingerprint density at radius 2 is 1.53 bits per heavy atom. The summed E-state index contributed by atoms with van der Waals surface area (Å²) in [4.78, 5) is 39.3. The molecule has 0 aromatic rings. The number of aliphatic hydroxyl groups is 2. The van der Waals surface area contributed by atoms with E-state index in [0.717, 1.165) is 0 Å². The van der Waals surface area contributed by atoms with Gasteiger partial charge in [0.2, 0.25) is 0 Å². The molecule has 0 radical (unpaired) electrons. The van der Waals surface area contributed by atoms with Gasteiger partial charge in [-0.2, -0.15) is 4.52 Å². The predicted molar refractivity (Wildman–Crippen MR) is 164 cm³/mol. The van der Waals surface area contributed by atoms with E-state index in [1.165, 1.54) is 37.4 Å². The Hall–Kier alpha value is -2.04. The molecule has 2 saturated heterocycles. The molecular weight excluding hydrogens is 678 g/mol. The lowest BCUT2D eigenvalue weighted by molar-refractivity contribution is -0.0853. The first-order chi connectivity index (χ1) is 21.5. The summed E-state index contributed by atoms with van der Waals surface area (Å²) in [7, 11) is -1.04. The van der Waals surface area contributed by atoms with Crippen LogP contribution in [-0.4, -0.2) is 156 Å². The first-order valence-corrected chi connectivity index (χ1v) is 18.2. The number of amidine groups is 2. The minimum atomic E-state index is -4.15. The van der Waals surface area contributed by atoms with Crippen LogP contribution in [-0.2, 0) is 56.4 Å². The lowest BCUT2D eigenvalue weighted by atomic mass is 10.1. The molecule has 14 unspecified atom stereocenters. The summed E-state index contributed by atoms with van der Waals surface area (Å²) in [5.41, 5.74) is 11.9. The Morgan fingerprint density at radius 3 is 2.11 bits per heavy atom. The summed E-state index contributed by atoms with van der Waals surface area (Å²) in [6.07, 6.45) is -4.66. The molecule has 0 spiro atoms. The van der Waals surface area contributed by atoms with Gasteiger partial charge in [0.05, 0.1) is 19.3 Å². The molecule has 6 aliphatic heterocycles. The topological polar surface area (TPSA) is 266 Å². The van der Waals surface area contributed by atoms with Crippen molar-refractivity contribution in [3.8, 4) is 0 Å². The van der Waals surface area contributed by atoms with E-state index in [9.17, 15) is 19.7 Å². The maximum absolute atomic E-state index is 11.5. The van der Waals surface area contributed by atoms with Crippen molar-refractivity contribution in [3.05, 3.63) is 0 Å². The SMILES string of the molecule is COC1C(O)C(COP(O)(=S)OC2C(CO[P+](=O)[S-])OC(N3C=NC4C(N)=NC=NC43)C2O)OC1N1C=NC2C(N)=NC=NC21. The van der Waals surface area contributed by atoms with Crippen LogP contribution in [0.3, 0.4) is 0 Å². The minimum Gasteiger partial charge on any atom is -0.408 e. The van der Waals surface area contributed by atoms with Crippen LogP contribution in [0.15, 0.2) is 30.0 Å². The van der Waals surface area contributed by atoms with Gasteiger partial charge in [-0.3, -0.25) is 14.5 Å². The van der Waals surface area contributed by atoms with Crippen LogP contribution >= 0.6 is 13.9 Å². The summed E-state index contributed by atoms with van der Waals surface area (Å²) in [5, 5.41) is 22.3. The van der Waals surface area contributed by atoms with Gasteiger partial charge in [-0.15, -0.1) is 0 Å². The number of nitrogens with zero attached hydrogens (tertiary/aromatic N) is 8. The lowest BCUT2D eigenvalue weighted by Gasteiger charge is -2.32. The van der Waals surface area contributed by atoms with Gasteiger partial charge < -0.3 is 67.4 Å². The number of fused-ring (bicyclic) bond motifs is 2. The molecule has 0 aromatic carbocycles. The fourth-order valence-corrected chi connectivity index (χ4v) is 7.57. The van der Waals surface area contributed by atoms with Gasteiger partial charge >= 0.3 is 13.9 Å². The van der Waals surface area contributed by atoms with Crippen LogP contribution in [0.4, 0.5) is 0 Å². The quantitative estimate of drug-likeness (QED) is 0.105. The van der Waals surface area contributed by atoms with Gasteiger partial charge in [0.1, 0.15) is 79.7 Å². The van der Waals surface area contributed by atoms with Crippen molar-refractivity contribution < 1.29 is 47.5 Å². The summed E-state index contributed by atoms with van der Waals surface area (Å²) >= 11 is 9.88. The van der Waals surface area contributed by atoms with E-state index >= 15 is 0 Å². The Kier molecular flexibility index (Phi) is 9.66. The largest absolute Gasteiger partial charge is 0.408 e. The molecule has 6 aliphatic rings. The van der Waals surface area contributed by atoms with E-state index in [1.54, 1.807) is 4.90 Å². The van der Waals surface area contributed by atoms with Gasteiger partial charge in [0.25, 0.3) is 0 Å². The highest BCUT2D eigenvalue weighted by Gasteiger charge is 2.54. The first kappa shape index (κ1) is 32.9. The Labute approximate surface area is 267 Å². The third-order valence-corrected chi connectivity index (χ3v) is 10.1. The van der Waals surface area contributed by atoms with Crippen molar-refractivity contribution in [1.82, 2.24) is 9.80 Å². The lowest BCUT2D eigenvalue weighted by Crippen LogP contribution is -2.51. The number of nitrogens with two attached hydrogens (primary N) is 2. The van der Waals surface area contributed by atoms with E-state index in [2.05, 4.69) is 42.2 Å². The van der Waals surface area contributed by atoms with Gasteiger partial charge in [-0.1, -0.05) is 4.57 Å². The van der Waals surface area contributed by atoms with Crippen LogP contribution in [0.1, 0.15) is 0 Å². The molecule has 0 aliphatic carbocycles. The fraction of sp³-hybridized carbons (Fsp3) is 0.714. The summed E-state index contributed by atoms with van der Waals surface area (Å²) in [5.74, 6) is 0.510. The molecule has 0 saturated carbocycles. The highest BCUT2D eigenvalue weighted by atomic mass is 32.7. The number of ether oxygens (including phenoxy) is 3. The maximum atomic E-state index is 11.5. The molecule has 20 nitrogen and oxygen atoms in total. The molecular formula is C21H30N10O10P2S2. The van der Waals surface area contributed by atoms with Gasteiger partial charge in [0, 0.05) is 7.11 Å². The number of aliphatic imine (C=N–C) groups is 6. The standard InChI is InChI=1S/C21H30N10O10P2S2/c1-36-15-12(32)8(39-21(15)31-7-29-11-17(23)25-5-27-19(11)31)3-38-43(35,45)41-14-9(2-37-42(34)44)40-20(13(14)33)30-6-28-10-16(22)24-4-26-18(10)30/h4-15,18-21,32-33H,2-3H2,1H3,(H,35,45)(H2,22,24,26)(H2,23,25,27). The molecule has 7 N–H and O–H groups in total. The van der Waals surface area contributed by atoms with Crippen molar-refractivity contribution in [2.45, 2.75) is 73.5 Å². The zero-order valence-electron chi connectivity index (χ0n) is 23.3. The molecule has 6 heterocycles. The van der Waals surface area contributed by atoms with E-state index in [4.69, 9.17) is 51.1 Å². The smallest absolute Gasteiger partial charge is 0.372 e. The molecule has 0 aromatic heterocycles. The van der Waals surface area contributed by atoms with Gasteiger partial charge in [-0.25, -0.2) is 20.0 Å². The van der Waals surface area contributed by atoms with Crippen molar-refractivity contribution in [1.29, 1.82) is 0 Å². The van der Waals surface area contributed by atoms with Crippen molar-refractivity contribution in [2.24, 2.45) is 41.4 Å². The van der Waals surface area contributed by atoms with Crippen LogP contribution < -0.4 is 11.5 Å². The second-order valence-corrected chi connectivity index (χ2v) is 14.8. The van der Waals surface area contributed by atoms with Crippen LogP contribution in [0, 0.1) is 0 Å². The summed E-state index contributed by atoms with van der Waals surface area (Å²) in [6, 6.07) is -1.12. The Morgan fingerprint density at radius 1 is 0.956 bits per heavy atom. The van der Waals surface area contributed by atoms with Crippen molar-refractivity contribution >= 4 is 75.0 Å². The van der Waals surface area contributed by atoms with Gasteiger partial charge in [-0.05, 0) is 11.8 Å². The summed E-state index contributed by atoms with van der Waals surface area (Å²) < 4.78 is 45.4. The fourth-order valence-electron chi connectivity index (χ4n) is 5.68. The van der Waals surface area contributed by atoms with Crippen LogP contribution in [0.25, 0.3) is 0 Å². The van der Waals surface area contributed by atoms with Crippen molar-refractivity contribution in [3.63, 3.8) is 0 Å². The maximum Gasteiger partial charge on any atom is 0.372 e. The van der Waals surface area contributed by atoms with Crippen LogP contribution in [0.5, 0.6) is 0 Å². The third kappa shape index (κ3) is 6.45. The average Bonchev–Trinajstić information content (AvgIpc) is 3.76. The summed E-state index contributed by atoms with van der Waals surface area (Å²) in [6.45, 7) is -4.94. The van der Waals surface area contributed by atoms with Crippen molar-refractivity contribution in [2.75, 3.05) is 20.3 Å². The molecule has 0 amide bonds. The second-order valence-electron chi connectivity index (χ2n) is 10.4. The van der Waals surface area contributed by atoms with E-state index in [0.29, 0.717) is 0 Å². The normalized spacial score (nSPS) is 41.7. The molecule has 14 atom stereocenters. The van der Waals surface area contributed by atoms with E-state index in [1.807, 2.05) is 0 Å². The van der Waals surface area contributed by atoms with Gasteiger partial charge in [0.15, 0.2) is 24.8 Å². The predicted octanol–water partition coefficient (Wildman–Crippen LogP) is -3.11. The van der Waals surface area contributed by atoms with Crippen LogP contribution in [0.2, 0.25) is 0 Å². The zero-order valence-corrected chi connectivity index (χ0v) is 26.7. The Bertz CT molecular complexity index is 1410. The third-order valence-electron chi connectivity index (χ3n) is 7.84. The number of aliphatic hydroxyl groups excluding tert-OH is 2. The molecule has 2 fully saturated rings. The highest BCUT2D eigenvalue weighted by Crippen LogP contribution is 2.49. The second kappa shape index (κ2) is 13.2. The molecule has 45 heavy (non-hydrogen) atoms. The number of methoxy groups -OCH3 is 1. The highest BCUT2D eigenvalue weighted by molar-refractivity contribution is 8.25. The van der Waals surface area contributed by atoms with E-state index < -0.39 is 94.1 Å². The molecule has 0 bridgehead atoms. The monoisotopic (exact) mass is 708 g/mol. The molecule has 24 heteroatoms. The molecule has 6 rings (SSSR count). The number of hydrogen-bond acceptors (Lipinski definition) is 21. The average molecular weight is 709 g/mol. The zero-order chi connectivity index (χ0) is 32.0. The Balaban J connectivity index is 1.11. The minimum absolute atomic E-state index is 0.229. The molecule has 246 valence electrons. The first-order valence-electron chi connectivity index (χ1n) is 13.4. The van der Waals surface area contributed by atoms with E-state index in [-0.39, 0.29) is 18.3 Å². The number of hydrogen-bond donors (Lipinski definition) is 5. The number of rotatable bonds is 11.